The molecule has 0 spiro atoms. The van der Waals surface area contributed by atoms with Crippen LogP contribution in [0, 0.1) is 0 Å². The van der Waals surface area contributed by atoms with Crippen molar-refractivity contribution >= 4 is 28.3 Å². The van der Waals surface area contributed by atoms with E-state index in [0.717, 1.165) is 52.7 Å². The van der Waals surface area contributed by atoms with E-state index < -0.39 is 6.23 Å². The second-order valence-corrected chi connectivity index (χ2v) is 8.83. The summed E-state index contributed by atoms with van der Waals surface area (Å²) in [5.74, 6) is -0.262. The summed E-state index contributed by atoms with van der Waals surface area (Å²) >= 11 is 0. The van der Waals surface area contributed by atoms with E-state index in [2.05, 4.69) is 43.5 Å². The van der Waals surface area contributed by atoms with Gasteiger partial charge in [0.2, 0.25) is 0 Å². The van der Waals surface area contributed by atoms with Gasteiger partial charge in [-0.2, -0.15) is 0 Å². The minimum Gasteiger partial charge on any atom is -0.374 e. The van der Waals surface area contributed by atoms with E-state index in [1.165, 1.54) is 0 Å². The van der Waals surface area contributed by atoms with Gasteiger partial charge in [-0.05, 0) is 66.4 Å². The van der Waals surface area contributed by atoms with Gasteiger partial charge < -0.3 is 20.3 Å². The van der Waals surface area contributed by atoms with Crippen LogP contribution >= 0.6 is 0 Å². The van der Waals surface area contributed by atoms with Crippen molar-refractivity contribution in [1.29, 1.82) is 0 Å². The van der Waals surface area contributed by atoms with Gasteiger partial charge in [0.15, 0.2) is 0 Å². The maximum atomic E-state index is 12.8. The summed E-state index contributed by atoms with van der Waals surface area (Å²) in [4.78, 5) is 30.9. The zero-order valence-corrected chi connectivity index (χ0v) is 19.4. The third kappa shape index (κ3) is 4.18. The van der Waals surface area contributed by atoms with Gasteiger partial charge in [0.25, 0.3) is 5.91 Å². The van der Waals surface area contributed by atoms with E-state index in [0.29, 0.717) is 17.0 Å². The molecule has 8 nitrogen and oxygen atoms in total. The number of nitrogens with zero attached hydrogens (tertiary/aromatic N) is 4. The molecule has 1 aliphatic heterocycles. The average molecular weight is 477 g/mol. The molecule has 0 aliphatic carbocycles. The highest BCUT2D eigenvalue weighted by atomic mass is 16.3. The van der Waals surface area contributed by atoms with Crippen LogP contribution in [0.1, 0.15) is 23.3 Å². The number of aliphatic hydroxyl groups excluding tert-OH is 1. The highest BCUT2D eigenvalue weighted by Gasteiger charge is 2.22. The Kier molecular flexibility index (Phi) is 5.63. The lowest BCUT2D eigenvalue weighted by atomic mass is 10.0. The minimum absolute atomic E-state index is 0.262. The Hall–Kier alpha value is -4.56. The molecule has 1 saturated heterocycles. The normalized spacial score (nSPS) is 15.4. The molecule has 1 unspecified atom stereocenters. The molecule has 1 amide bonds. The summed E-state index contributed by atoms with van der Waals surface area (Å²) in [6.07, 6.45) is 10.0. The summed E-state index contributed by atoms with van der Waals surface area (Å²) in [7, 11) is 0. The standard InChI is InChI=1S/C28H24N6O2/c35-26-4-2-12-34(26)22-7-5-18(6-8-22)19-13-20(16-30-15-19)23-9-11-31-27-24(23)14-25(33-27)28(36)32-21-3-1-10-29-17-21/h1,3,5-11,13-17,26,35H,2,4,12H2,(H,31,33)(H,32,36). The number of amides is 1. The van der Waals surface area contributed by atoms with Gasteiger partial charge in [0.05, 0.1) is 11.9 Å². The van der Waals surface area contributed by atoms with Crippen LogP contribution in [0.2, 0.25) is 0 Å². The summed E-state index contributed by atoms with van der Waals surface area (Å²) in [6, 6.07) is 17.6. The number of nitrogens with one attached hydrogen (secondary N) is 2. The fourth-order valence-electron chi connectivity index (χ4n) is 4.68. The van der Waals surface area contributed by atoms with Crippen molar-refractivity contribution in [2.75, 3.05) is 16.8 Å². The van der Waals surface area contributed by atoms with E-state index in [4.69, 9.17) is 0 Å². The van der Waals surface area contributed by atoms with Crippen molar-refractivity contribution in [1.82, 2.24) is 19.9 Å². The fraction of sp³-hybridized carbons (Fsp3) is 0.143. The van der Waals surface area contributed by atoms with Gasteiger partial charge in [0, 0.05) is 53.5 Å². The monoisotopic (exact) mass is 476 g/mol. The quantitative estimate of drug-likeness (QED) is 0.335. The van der Waals surface area contributed by atoms with Crippen molar-refractivity contribution in [2.24, 2.45) is 0 Å². The van der Waals surface area contributed by atoms with Crippen molar-refractivity contribution in [2.45, 2.75) is 19.1 Å². The molecule has 0 bridgehead atoms. The number of fused-ring (bicyclic) bond motifs is 1. The molecule has 8 heteroatoms. The number of pyridine rings is 3. The van der Waals surface area contributed by atoms with Gasteiger partial charge >= 0.3 is 0 Å². The van der Waals surface area contributed by atoms with Crippen molar-refractivity contribution in [3.05, 3.63) is 91.3 Å². The van der Waals surface area contributed by atoms with Crippen LogP contribution in [0.3, 0.4) is 0 Å². The summed E-state index contributed by atoms with van der Waals surface area (Å²) in [6.45, 7) is 0.870. The van der Waals surface area contributed by atoms with Crippen LogP contribution in [-0.2, 0) is 0 Å². The first-order chi connectivity index (χ1) is 17.7. The van der Waals surface area contributed by atoms with Crippen LogP contribution in [0.4, 0.5) is 11.4 Å². The molecule has 5 aromatic rings. The number of carbonyl (C=O) groups is 1. The molecule has 36 heavy (non-hydrogen) atoms. The number of hydrogen-bond acceptors (Lipinski definition) is 6. The number of carbonyl (C=O) groups excluding carboxylic acids is 1. The lowest BCUT2D eigenvalue weighted by Crippen LogP contribution is -2.28. The summed E-state index contributed by atoms with van der Waals surface area (Å²) < 4.78 is 0. The number of H-pyrrole nitrogens is 1. The zero-order chi connectivity index (χ0) is 24.5. The molecule has 1 aliphatic rings. The predicted molar refractivity (Wildman–Crippen MR) is 140 cm³/mol. The number of anilines is 2. The number of aromatic amines is 1. The Morgan fingerprint density at radius 2 is 1.83 bits per heavy atom. The molecule has 1 aromatic carbocycles. The SMILES string of the molecule is O=C(Nc1cccnc1)c1cc2c(-c3cncc(-c4ccc(N5CCCC5O)cc4)c3)ccnc2[nH]1. The maximum Gasteiger partial charge on any atom is 0.272 e. The molecule has 1 atom stereocenters. The third-order valence-electron chi connectivity index (χ3n) is 6.50. The smallest absolute Gasteiger partial charge is 0.272 e. The Bertz CT molecular complexity index is 1530. The Morgan fingerprint density at radius 1 is 0.972 bits per heavy atom. The Balaban J connectivity index is 1.30. The Morgan fingerprint density at radius 3 is 2.61 bits per heavy atom. The molecular weight excluding hydrogens is 452 g/mol. The molecule has 4 aromatic heterocycles. The van der Waals surface area contributed by atoms with E-state index in [9.17, 15) is 9.90 Å². The Labute approximate surface area is 207 Å². The average Bonchev–Trinajstić information content (AvgIpc) is 3.56. The summed E-state index contributed by atoms with van der Waals surface area (Å²) in [5, 5.41) is 13.9. The van der Waals surface area contributed by atoms with E-state index >= 15 is 0 Å². The van der Waals surface area contributed by atoms with Gasteiger partial charge in [-0.15, -0.1) is 0 Å². The zero-order valence-electron chi connectivity index (χ0n) is 19.4. The lowest BCUT2D eigenvalue weighted by molar-refractivity contribution is 0.102. The number of benzene rings is 1. The third-order valence-corrected chi connectivity index (χ3v) is 6.50. The fourth-order valence-corrected chi connectivity index (χ4v) is 4.68. The molecule has 0 saturated carbocycles. The van der Waals surface area contributed by atoms with Crippen molar-refractivity contribution in [3.63, 3.8) is 0 Å². The molecule has 1 fully saturated rings. The van der Waals surface area contributed by atoms with Crippen LogP contribution < -0.4 is 10.2 Å². The van der Waals surface area contributed by atoms with Gasteiger partial charge in [-0.1, -0.05) is 12.1 Å². The number of aliphatic hydroxyl groups is 1. The minimum atomic E-state index is -0.410. The number of rotatable bonds is 5. The van der Waals surface area contributed by atoms with E-state index in [1.807, 2.05) is 41.6 Å². The molecular formula is C28H24N6O2. The second kappa shape index (κ2) is 9.24. The van der Waals surface area contributed by atoms with Crippen molar-refractivity contribution < 1.29 is 9.90 Å². The highest BCUT2D eigenvalue weighted by Crippen LogP contribution is 2.32. The van der Waals surface area contributed by atoms with Crippen molar-refractivity contribution in [3.8, 4) is 22.3 Å². The van der Waals surface area contributed by atoms with Crippen LogP contribution in [-0.4, -0.2) is 43.7 Å². The van der Waals surface area contributed by atoms with E-state index in [1.54, 1.807) is 30.7 Å². The van der Waals surface area contributed by atoms with Gasteiger partial charge in [-0.25, -0.2) is 4.98 Å². The topological polar surface area (TPSA) is 107 Å². The first-order valence-corrected chi connectivity index (χ1v) is 11.9. The molecule has 3 N–H and O–H groups in total. The first-order valence-electron chi connectivity index (χ1n) is 11.9. The molecule has 178 valence electrons. The number of hydrogen-bond donors (Lipinski definition) is 3. The predicted octanol–water partition coefficient (Wildman–Crippen LogP) is 4.86. The number of aromatic nitrogens is 4. The summed E-state index contributed by atoms with van der Waals surface area (Å²) in [5.41, 5.74) is 6.57. The first kappa shape index (κ1) is 21.9. The largest absolute Gasteiger partial charge is 0.374 e. The van der Waals surface area contributed by atoms with Crippen LogP contribution in [0.25, 0.3) is 33.3 Å². The van der Waals surface area contributed by atoms with Crippen LogP contribution in [0.15, 0.2) is 85.6 Å². The lowest BCUT2D eigenvalue weighted by Gasteiger charge is -2.22. The van der Waals surface area contributed by atoms with Crippen LogP contribution in [0.5, 0.6) is 0 Å². The van der Waals surface area contributed by atoms with Gasteiger partial charge in [0.1, 0.15) is 17.6 Å². The van der Waals surface area contributed by atoms with Gasteiger partial charge in [-0.3, -0.25) is 14.8 Å². The maximum absolute atomic E-state index is 12.8. The molecule has 0 radical (unpaired) electrons. The van der Waals surface area contributed by atoms with E-state index in [-0.39, 0.29) is 5.91 Å². The second-order valence-electron chi connectivity index (χ2n) is 8.83. The molecule has 6 rings (SSSR count). The molecule has 5 heterocycles. The highest BCUT2D eigenvalue weighted by molar-refractivity contribution is 6.07.